The molecule has 3 aromatic heterocycles. The lowest BCUT2D eigenvalue weighted by Gasteiger charge is -2.06. The second-order valence-corrected chi connectivity index (χ2v) is 9.82. The molecule has 0 aliphatic heterocycles. The number of benzene rings is 2. The Hall–Kier alpha value is -4.30. The number of amides is 1. The van der Waals surface area contributed by atoms with E-state index >= 15 is 0 Å². The number of nitrogens with two attached hydrogens (primary N) is 1. The Balaban J connectivity index is 1.38. The normalized spacial score (nSPS) is 11.3. The van der Waals surface area contributed by atoms with Gasteiger partial charge in [0.15, 0.2) is 5.69 Å². The van der Waals surface area contributed by atoms with Gasteiger partial charge in [-0.25, -0.2) is 9.97 Å². The fourth-order valence-electron chi connectivity index (χ4n) is 3.64. The molecule has 0 saturated heterocycles. The first kappa shape index (κ1) is 26.3. The van der Waals surface area contributed by atoms with Gasteiger partial charge in [-0.2, -0.15) is 4.68 Å². The topological polar surface area (TPSA) is 153 Å². The summed E-state index contributed by atoms with van der Waals surface area (Å²) in [6.45, 7) is 1.71. The number of nitrogens with one attached hydrogen (secondary N) is 2. The third kappa shape index (κ3) is 6.23. The van der Waals surface area contributed by atoms with Gasteiger partial charge in [0.05, 0.1) is 24.6 Å². The van der Waals surface area contributed by atoms with E-state index in [2.05, 4.69) is 30.6 Å². The van der Waals surface area contributed by atoms with Crippen molar-refractivity contribution in [3.63, 3.8) is 0 Å². The summed E-state index contributed by atoms with van der Waals surface area (Å²) < 4.78 is 6.63. The molecule has 11 nitrogen and oxygen atoms in total. The van der Waals surface area contributed by atoms with Gasteiger partial charge in [-0.05, 0) is 12.1 Å². The molecule has 0 radical (unpaired) electrons. The predicted octanol–water partition coefficient (Wildman–Crippen LogP) is 4.53. The summed E-state index contributed by atoms with van der Waals surface area (Å²) in [4.78, 5) is 34.5. The number of nitrogens with zero attached hydrogens (tertiary/aromatic N) is 5. The van der Waals surface area contributed by atoms with Gasteiger partial charge in [-0.1, -0.05) is 42.5 Å². The molecule has 0 saturated carbocycles. The van der Waals surface area contributed by atoms with Crippen molar-refractivity contribution in [2.75, 3.05) is 26.3 Å². The molecule has 2 aromatic carbocycles. The van der Waals surface area contributed by atoms with E-state index in [0.29, 0.717) is 53.5 Å². The van der Waals surface area contributed by atoms with Crippen LogP contribution in [0.2, 0.25) is 0 Å². The zero-order valence-electron chi connectivity index (χ0n) is 20.6. The number of azo groups is 1. The molecule has 198 valence electrons. The van der Waals surface area contributed by atoms with Crippen molar-refractivity contribution in [3.05, 3.63) is 87.5 Å². The molecule has 5 rings (SSSR count). The number of hydrogen-bond acceptors (Lipinski definition) is 10. The van der Waals surface area contributed by atoms with E-state index in [1.807, 2.05) is 47.8 Å². The molecule has 1 amide bonds. The summed E-state index contributed by atoms with van der Waals surface area (Å²) in [5, 5.41) is 18.9. The maximum atomic E-state index is 13.4. The number of H-pyrrole nitrogens is 1. The van der Waals surface area contributed by atoms with Crippen molar-refractivity contribution < 1.29 is 9.53 Å². The average molecular weight is 561 g/mol. The van der Waals surface area contributed by atoms with Gasteiger partial charge in [0.25, 0.3) is 5.91 Å². The Morgan fingerprint density at radius 3 is 2.62 bits per heavy atom. The fourth-order valence-corrected chi connectivity index (χ4v) is 4.88. The highest BCUT2D eigenvalue weighted by Crippen LogP contribution is 2.30. The predicted molar refractivity (Wildman–Crippen MR) is 151 cm³/mol. The molecule has 0 aliphatic rings. The van der Waals surface area contributed by atoms with Crippen LogP contribution in [0.5, 0.6) is 0 Å². The van der Waals surface area contributed by atoms with Crippen LogP contribution in [0.3, 0.4) is 0 Å². The van der Waals surface area contributed by atoms with Crippen molar-refractivity contribution in [1.82, 2.24) is 25.1 Å². The van der Waals surface area contributed by atoms with E-state index in [1.54, 1.807) is 23.7 Å². The summed E-state index contributed by atoms with van der Waals surface area (Å²) in [5.41, 5.74) is 8.50. The highest BCUT2D eigenvalue weighted by Gasteiger charge is 2.19. The van der Waals surface area contributed by atoms with E-state index in [9.17, 15) is 9.59 Å². The molecule has 3 heterocycles. The van der Waals surface area contributed by atoms with Crippen LogP contribution in [-0.4, -0.2) is 52.0 Å². The largest absolute Gasteiger partial charge is 0.378 e. The molecule has 0 bridgehead atoms. The van der Waals surface area contributed by atoms with Gasteiger partial charge < -0.3 is 15.8 Å². The Morgan fingerprint density at radius 2 is 1.87 bits per heavy atom. The molecule has 0 spiro atoms. The molecule has 0 atom stereocenters. The van der Waals surface area contributed by atoms with E-state index in [1.165, 1.54) is 27.4 Å². The Kier molecular flexibility index (Phi) is 8.43. The number of carbonyl (C=O) groups excluding carboxylic acids is 1. The minimum absolute atomic E-state index is 0.164. The third-order valence-corrected chi connectivity index (χ3v) is 6.99. The first-order valence-electron chi connectivity index (χ1n) is 12.0. The zero-order chi connectivity index (χ0) is 27.0. The average Bonchev–Trinajstić information content (AvgIpc) is 3.73. The SMILES string of the molecule is NCCOCCNC(=O)c1ccc(-c2csc(-n3[nH]c(-c4ccccc4)c(N=Nc4nccs4)c3=O)n2)cc1. The lowest BCUT2D eigenvalue weighted by molar-refractivity contribution is 0.0920. The standard InChI is InChI=1S/C26H24N8O3S2/c27-10-13-37-14-11-28-23(35)19-8-6-17(7-9-19)20-16-39-26(30-20)34-24(36)22(31-32-25-29-12-15-38-25)21(33-34)18-4-2-1-3-5-18/h1-9,12,15-16,33H,10-11,13-14,27H2,(H,28,35). The monoisotopic (exact) mass is 560 g/mol. The number of rotatable bonds is 11. The minimum atomic E-state index is -0.377. The van der Waals surface area contributed by atoms with E-state index in [0.717, 1.165) is 11.1 Å². The highest BCUT2D eigenvalue weighted by molar-refractivity contribution is 7.13. The smallest absolute Gasteiger partial charge is 0.301 e. The summed E-state index contributed by atoms with van der Waals surface area (Å²) in [6, 6.07) is 16.5. The minimum Gasteiger partial charge on any atom is -0.378 e. The molecule has 0 unspecified atom stereocenters. The van der Waals surface area contributed by atoms with E-state index in [-0.39, 0.29) is 17.2 Å². The number of hydrogen-bond donors (Lipinski definition) is 3. The number of aromatic nitrogens is 4. The van der Waals surface area contributed by atoms with Crippen molar-refractivity contribution in [2.45, 2.75) is 0 Å². The van der Waals surface area contributed by atoms with E-state index < -0.39 is 0 Å². The maximum Gasteiger partial charge on any atom is 0.301 e. The summed E-state index contributed by atoms with van der Waals surface area (Å²) in [7, 11) is 0. The molecule has 0 aliphatic carbocycles. The fraction of sp³-hybridized carbons (Fsp3) is 0.154. The quantitative estimate of drug-likeness (QED) is 0.159. The second-order valence-electron chi connectivity index (χ2n) is 8.11. The van der Waals surface area contributed by atoms with Crippen LogP contribution in [0.25, 0.3) is 27.6 Å². The van der Waals surface area contributed by atoms with Crippen LogP contribution in [-0.2, 0) is 4.74 Å². The molecule has 39 heavy (non-hydrogen) atoms. The lowest BCUT2D eigenvalue weighted by Crippen LogP contribution is -2.27. The molecular weight excluding hydrogens is 536 g/mol. The van der Waals surface area contributed by atoms with Crippen LogP contribution >= 0.6 is 22.7 Å². The molecule has 0 fully saturated rings. The van der Waals surface area contributed by atoms with Crippen LogP contribution < -0.4 is 16.6 Å². The highest BCUT2D eigenvalue weighted by atomic mass is 32.1. The van der Waals surface area contributed by atoms with Gasteiger partial charge in [0.2, 0.25) is 10.3 Å². The Labute approximate surface area is 231 Å². The first-order chi connectivity index (χ1) is 19.1. The van der Waals surface area contributed by atoms with E-state index in [4.69, 9.17) is 10.5 Å². The summed E-state index contributed by atoms with van der Waals surface area (Å²) in [5.74, 6) is -0.192. The van der Waals surface area contributed by atoms with Crippen LogP contribution in [0.1, 0.15) is 10.4 Å². The summed E-state index contributed by atoms with van der Waals surface area (Å²) >= 11 is 2.64. The number of thiazole rings is 2. The van der Waals surface area contributed by atoms with Gasteiger partial charge in [-0.15, -0.1) is 32.9 Å². The molecule has 5 aromatic rings. The maximum absolute atomic E-state index is 13.4. The van der Waals surface area contributed by atoms with Crippen LogP contribution in [0.15, 0.2) is 86.6 Å². The molecular formula is C26H24N8O3S2. The van der Waals surface area contributed by atoms with Crippen molar-refractivity contribution in [3.8, 4) is 27.6 Å². The number of ether oxygens (including phenoxy) is 1. The molecule has 4 N–H and O–H groups in total. The lowest BCUT2D eigenvalue weighted by atomic mass is 10.1. The van der Waals surface area contributed by atoms with Crippen LogP contribution in [0.4, 0.5) is 10.8 Å². The van der Waals surface area contributed by atoms with Gasteiger partial charge in [0.1, 0.15) is 0 Å². The van der Waals surface area contributed by atoms with Crippen molar-refractivity contribution >= 4 is 39.4 Å². The van der Waals surface area contributed by atoms with Gasteiger partial charge >= 0.3 is 5.56 Å². The summed E-state index contributed by atoms with van der Waals surface area (Å²) in [6.07, 6.45) is 1.63. The number of aromatic amines is 1. The molecule has 13 heteroatoms. The second kappa shape index (κ2) is 12.5. The van der Waals surface area contributed by atoms with Gasteiger partial charge in [0, 0.05) is 46.7 Å². The number of carbonyl (C=O) groups is 1. The van der Waals surface area contributed by atoms with Gasteiger partial charge in [-0.3, -0.25) is 14.7 Å². The van der Waals surface area contributed by atoms with Crippen molar-refractivity contribution in [2.24, 2.45) is 16.0 Å². The Morgan fingerprint density at radius 1 is 1.05 bits per heavy atom. The zero-order valence-corrected chi connectivity index (χ0v) is 22.2. The third-order valence-electron chi connectivity index (χ3n) is 5.50. The Bertz CT molecular complexity index is 1610. The van der Waals surface area contributed by atoms with Crippen molar-refractivity contribution in [1.29, 1.82) is 0 Å². The van der Waals surface area contributed by atoms with Crippen LogP contribution in [0, 0.1) is 0 Å². The first-order valence-corrected chi connectivity index (χ1v) is 13.7.